The lowest BCUT2D eigenvalue weighted by Gasteiger charge is -2.32. The van der Waals surface area contributed by atoms with Crippen LogP contribution in [-0.2, 0) is 6.54 Å². The molecule has 1 atom stereocenters. The molecule has 1 aliphatic rings. The molecule has 1 aromatic carbocycles. The molecular formula is C22H24N6O. The van der Waals surface area contributed by atoms with Gasteiger partial charge in [-0.15, -0.1) is 0 Å². The first-order valence-electron chi connectivity index (χ1n) is 10.1. The van der Waals surface area contributed by atoms with Crippen LogP contribution in [0.3, 0.4) is 0 Å². The minimum atomic E-state index is 0.228. The number of rotatable bonds is 5. The van der Waals surface area contributed by atoms with Gasteiger partial charge in [0.2, 0.25) is 0 Å². The molecule has 0 spiro atoms. The molecule has 0 radical (unpaired) electrons. The highest BCUT2D eigenvalue weighted by Crippen LogP contribution is 2.23. The number of piperidine rings is 1. The van der Waals surface area contributed by atoms with Gasteiger partial charge in [-0.25, -0.2) is 15.0 Å². The van der Waals surface area contributed by atoms with Crippen LogP contribution in [0.1, 0.15) is 18.4 Å². The van der Waals surface area contributed by atoms with Crippen LogP contribution in [0.2, 0.25) is 0 Å². The van der Waals surface area contributed by atoms with Crippen LogP contribution in [0.4, 0.5) is 11.6 Å². The topological polar surface area (TPSA) is 90.0 Å². The smallest absolute Gasteiger partial charge is 0.182 e. The molecule has 3 N–H and O–H groups in total. The summed E-state index contributed by atoms with van der Waals surface area (Å²) >= 11 is 0. The van der Waals surface area contributed by atoms with E-state index in [1.54, 1.807) is 6.20 Å². The van der Waals surface area contributed by atoms with E-state index in [0.717, 1.165) is 42.8 Å². The Kier molecular flexibility index (Phi) is 4.73. The highest BCUT2D eigenvalue weighted by molar-refractivity contribution is 5.80. The average molecular weight is 388 g/mol. The Labute approximate surface area is 168 Å². The molecule has 0 bridgehead atoms. The number of benzene rings is 1. The van der Waals surface area contributed by atoms with Gasteiger partial charge in [0.25, 0.3) is 0 Å². The van der Waals surface area contributed by atoms with Crippen LogP contribution in [0.25, 0.3) is 22.1 Å². The van der Waals surface area contributed by atoms with E-state index in [0.29, 0.717) is 23.9 Å². The van der Waals surface area contributed by atoms with E-state index in [1.807, 2.05) is 18.3 Å². The van der Waals surface area contributed by atoms with Crippen molar-refractivity contribution < 1.29 is 5.11 Å². The Morgan fingerprint density at radius 3 is 3.07 bits per heavy atom. The summed E-state index contributed by atoms with van der Waals surface area (Å²) in [5.74, 6) is 1.93. The van der Waals surface area contributed by atoms with E-state index >= 15 is 0 Å². The van der Waals surface area contributed by atoms with E-state index in [4.69, 9.17) is 4.98 Å². The number of fused-ring (bicyclic) bond motifs is 2. The highest BCUT2D eigenvalue weighted by atomic mass is 16.3. The molecule has 0 saturated carbocycles. The number of hydrogen-bond acceptors (Lipinski definition) is 6. The number of aromatic nitrogens is 4. The van der Waals surface area contributed by atoms with Crippen molar-refractivity contribution in [3.63, 3.8) is 0 Å². The molecule has 5 rings (SSSR count). The number of H-pyrrole nitrogens is 1. The molecule has 29 heavy (non-hydrogen) atoms. The van der Waals surface area contributed by atoms with Gasteiger partial charge in [-0.3, -0.25) is 0 Å². The van der Waals surface area contributed by atoms with Crippen molar-refractivity contribution in [2.24, 2.45) is 5.92 Å². The second kappa shape index (κ2) is 7.67. The Balaban J connectivity index is 1.34. The van der Waals surface area contributed by atoms with Crippen LogP contribution >= 0.6 is 0 Å². The first kappa shape index (κ1) is 17.9. The molecule has 0 unspecified atom stereocenters. The Bertz CT molecular complexity index is 1140. The number of aliphatic hydroxyl groups excluding tert-OH is 1. The lowest BCUT2D eigenvalue weighted by atomic mass is 9.99. The third kappa shape index (κ3) is 3.73. The second-order valence-corrected chi connectivity index (χ2v) is 7.66. The second-order valence-electron chi connectivity index (χ2n) is 7.66. The summed E-state index contributed by atoms with van der Waals surface area (Å²) in [5.41, 5.74) is 3.72. The molecule has 3 aromatic heterocycles. The number of nitrogens with one attached hydrogen (secondary N) is 2. The number of pyridine rings is 1. The molecule has 0 amide bonds. The molecular weight excluding hydrogens is 364 g/mol. The third-order valence-electron chi connectivity index (χ3n) is 5.59. The van der Waals surface area contributed by atoms with Gasteiger partial charge >= 0.3 is 0 Å². The average Bonchev–Trinajstić information content (AvgIpc) is 3.25. The van der Waals surface area contributed by atoms with E-state index < -0.39 is 0 Å². The summed E-state index contributed by atoms with van der Waals surface area (Å²) in [6.07, 6.45) is 5.84. The van der Waals surface area contributed by atoms with Gasteiger partial charge in [-0.05, 0) is 54.0 Å². The molecule has 1 aliphatic heterocycles. The molecule has 7 nitrogen and oxygen atoms in total. The maximum Gasteiger partial charge on any atom is 0.182 e. The number of hydrogen-bond donors (Lipinski definition) is 3. The van der Waals surface area contributed by atoms with Gasteiger partial charge in [0.15, 0.2) is 5.65 Å². The quantitative estimate of drug-likeness (QED) is 0.486. The van der Waals surface area contributed by atoms with Crippen molar-refractivity contribution in [2.45, 2.75) is 19.4 Å². The number of anilines is 2. The van der Waals surface area contributed by atoms with Crippen molar-refractivity contribution in [1.29, 1.82) is 0 Å². The zero-order chi connectivity index (χ0) is 19.6. The van der Waals surface area contributed by atoms with Crippen molar-refractivity contribution in [3.8, 4) is 0 Å². The number of aromatic amines is 1. The number of nitrogens with zero attached hydrogens (tertiary/aromatic N) is 4. The molecule has 4 heterocycles. The lowest BCUT2D eigenvalue weighted by molar-refractivity contribution is 0.208. The summed E-state index contributed by atoms with van der Waals surface area (Å²) in [7, 11) is 0. The van der Waals surface area contributed by atoms with E-state index in [1.165, 1.54) is 10.9 Å². The predicted molar refractivity (Wildman–Crippen MR) is 115 cm³/mol. The predicted octanol–water partition coefficient (Wildman–Crippen LogP) is 3.33. The van der Waals surface area contributed by atoms with E-state index in [-0.39, 0.29) is 6.61 Å². The van der Waals surface area contributed by atoms with Crippen molar-refractivity contribution in [2.75, 3.05) is 29.9 Å². The molecule has 148 valence electrons. The number of aliphatic hydroxyl groups is 1. The van der Waals surface area contributed by atoms with Crippen LogP contribution in [0.5, 0.6) is 0 Å². The molecule has 0 aliphatic carbocycles. The minimum Gasteiger partial charge on any atom is -0.396 e. The van der Waals surface area contributed by atoms with Gasteiger partial charge in [0.05, 0.1) is 6.20 Å². The third-order valence-corrected chi connectivity index (χ3v) is 5.59. The fraction of sp³-hybridized carbons (Fsp3) is 0.318. The SMILES string of the molecule is OC[C@H]1CCCN(c2ccc3ncc(NCc4ccc5cc[nH]c5c4)nc3n2)C1. The summed E-state index contributed by atoms with van der Waals surface area (Å²) in [6.45, 7) is 2.69. The van der Waals surface area contributed by atoms with Crippen LogP contribution in [0.15, 0.2) is 48.8 Å². The van der Waals surface area contributed by atoms with Gasteiger partial charge in [-0.1, -0.05) is 12.1 Å². The molecule has 4 aromatic rings. The first-order valence-corrected chi connectivity index (χ1v) is 10.1. The van der Waals surface area contributed by atoms with E-state index in [9.17, 15) is 5.11 Å². The first-order chi connectivity index (χ1) is 14.3. The molecule has 1 fully saturated rings. The highest BCUT2D eigenvalue weighted by Gasteiger charge is 2.20. The van der Waals surface area contributed by atoms with Gasteiger partial charge < -0.3 is 20.3 Å². The Hall–Kier alpha value is -3.19. The molecule has 7 heteroatoms. The zero-order valence-corrected chi connectivity index (χ0v) is 16.2. The van der Waals surface area contributed by atoms with Crippen molar-refractivity contribution in [3.05, 3.63) is 54.4 Å². The fourth-order valence-corrected chi connectivity index (χ4v) is 3.97. The van der Waals surface area contributed by atoms with Crippen LogP contribution < -0.4 is 10.2 Å². The summed E-state index contributed by atoms with van der Waals surface area (Å²) in [6, 6.07) is 12.4. The van der Waals surface area contributed by atoms with Gasteiger partial charge in [0.1, 0.15) is 17.2 Å². The summed E-state index contributed by atoms with van der Waals surface area (Å²) < 4.78 is 0. The zero-order valence-electron chi connectivity index (χ0n) is 16.2. The maximum absolute atomic E-state index is 9.48. The Morgan fingerprint density at radius 2 is 2.14 bits per heavy atom. The minimum absolute atomic E-state index is 0.228. The molecule has 1 saturated heterocycles. The maximum atomic E-state index is 9.48. The van der Waals surface area contributed by atoms with Crippen molar-refractivity contribution >= 4 is 33.7 Å². The summed E-state index contributed by atoms with van der Waals surface area (Å²) in [4.78, 5) is 19.4. The fourth-order valence-electron chi connectivity index (χ4n) is 3.97. The van der Waals surface area contributed by atoms with Crippen molar-refractivity contribution in [1.82, 2.24) is 19.9 Å². The Morgan fingerprint density at radius 1 is 1.17 bits per heavy atom. The van der Waals surface area contributed by atoms with Crippen LogP contribution in [-0.4, -0.2) is 44.7 Å². The van der Waals surface area contributed by atoms with E-state index in [2.05, 4.69) is 49.4 Å². The normalized spacial score (nSPS) is 17.1. The van der Waals surface area contributed by atoms with Gasteiger partial charge in [0, 0.05) is 38.0 Å². The largest absolute Gasteiger partial charge is 0.396 e. The van der Waals surface area contributed by atoms with Crippen LogP contribution in [0, 0.1) is 5.92 Å². The van der Waals surface area contributed by atoms with Gasteiger partial charge in [-0.2, -0.15) is 0 Å². The summed E-state index contributed by atoms with van der Waals surface area (Å²) in [5, 5.41) is 14.0. The standard InChI is InChI=1S/C22H24N6O/c29-14-16-2-1-9-28(13-16)21-6-5-18-22(27-21)26-20(12-24-18)25-11-15-3-4-17-7-8-23-19(17)10-15/h3-8,10,12,16,23,29H,1-2,9,11,13-14H2,(H,25,26,27)/t16-/m0/s1. The monoisotopic (exact) mass is 388 g/mol. The lowest BCUT2D eigenvalue weighted by Crippen LogP contribution is -2.37.